The zero-order valence-electron chi connectivity index (χ0n) is 15.4. The van der Waals surface area contributed by atoms with Crippen molar-refractivity contribution in [3.8, 4) is 0 Å². The number of halogens is 1. The van der Waals surface area contributed by atoms with Crippen molar-refractivity contribution in [1.29, 1.82) is 0 Å². The first-order valence-corrected chi connectivity index (χ1v) is 8.61. The summed E-state index contributed by atoms with van der Waals surface area (Å²) in [5.41, 5.74) is 2.44. The quantitative estimate of drug-likeness (QED) is 0.343. The molecule has 0 aliphatic rings. The van der Waals surface area contributed by atoms with Gasteiger partial charge in [-0.1, -0.05) is 42.5 Å². The highest BCUT2D eigenvalue weighted by molar-refractivity contribution is 14.0. The summed E-state index contributed by atoms with van der Waals surface area (Å²) in [5.74, 6) is 0.796. The first-order valence-electron chi connectivity index (χ1n) is 8.61. The third-order valence-corrected chi connectivity index (χ3v) is 4.26. The van der Waals surface area contributed by atoms with Gasteiger partial charge in [0.2, 0.25) is 0 Å². The molecule has 6 heteroatoms. The van der Waals surface area contributed by atoms with Crippen LogP contribution >= 0.6 is 24.0 Å². The molecule has 0 fully saturated rings. The Labute approximate surface area is 171 Å². The summed E-state index contributed by atoms with van der Waals surface area (Å²) in [6.45, 7) is 5.77. The predicted octanol–water partition coefficient (Wildman–Crippen LogP) is 3.89. The first kappa shape index (κ1) is 20.2. The van der Waals surface area contributed by atoms with Crippen molar-refractivity contribution in [2.75, 3.05) is 13.6 Å². The van der Waals surface area contributed by atoms with Gasteiger partial charge in [-0.15, -0.1) is 24.0 Å². The molecule has 26 heavy (non-hydrogen) atoms. The number of fused-ring (bicyclic) bond motifs is 1. The molecule has 2 aromatic carbocycles. The van der Waals surface area contributed by atoms with Crippen molar-refractivity contribution in [2.45, 2.75) is 26.4 Å². The van der Waals surface area contributed by atoms with Crippen LogP contribution in [0, 0.1) is 6.92 Å². The Morgan fingerprint density at radius 1 is 1.19 bits per heavy atom. The number of guanidine groups is 1. The monoisotopic (exact) mass is 463 g/mol. The minimum atomic E-state index is 0. The van der Waals surface area contributed by atoms with Crippen molar-refractivity contribution in [3.63, 3.8) is 0 Å². The summed E-state index contributed by atoms with van der Waals surface area (Å²) >= 11 is 0. The summed E-state index contributed by atoms with van der Waals surface area (Å²) < 4.78 is 1.93. The largest absolute Gasteiger partial charge is 0.355 e. The Bertz CT molecular complexity index is 866. The normalized spacial score (nSPS) is 12.5. The van der Waals surface area contributed by atoms with E-state index in [0.29, 0.717) is 0 Å². The maximum atomic E-state index is 4.33. The molecule has 0 saturated carbocycles. The smallest absolute Gasteiger partial charge is 0.191 e. The molecule has 1 unspecified atom stereocenters. The highest BCUT2D eigenvalue weighted by Gasteiger charge is 2.10. The van der Waals surface area contributed by atoms with Gasteiger partial charge in [0.15, 0.2) is 5.96 Å². The molecule has 0 radical (unpaired) electrons. The number of benzene rings is 2. The number of hydrogen-bond donors (Lipinski definition) is 2. The highest BCUT2D eigenvalue weighted by Crippen LogP contribution is 2.23. The van der Waals surface area contributed by atoms with Gasteiger partial charge in [0.05, 0.1) is 18.8 Å². The van der Waals surface area contributed by atoms with Crippen molar-refractivity contribution in [3.05, 3.63) is 66.0 Å². The van der Waals surface area contributed by atoms with Crippen LogP contribution in [0.4, 0.5) is 0 Å². The molecule has 1 atom stereocenters. The van der Waals surface area contributed by atoms with E-state index in [1.165, 1.54) is 21.9 Å². The summed E-state index contributed by atoms with van der Waals surface area (Å²) in [6, 6.07) is 15.0. The van der Waals surface area contributed by atoms with E-state index in [0.717, 1.165) is 19.0 Å². The molecule has 0 saturated heterocycles. The number of aryl methyl sites for hydroxylation is 1. The second-order valence-corrected chi connectivity index (χ2v) is 6.21. The fourth-order valence-electron chi connectivity index (χ4n) is 2.98. The number of aliphatic imine (C=N–C) groups is 1. The van der Waals surface area contributed by atoms with Crippen LogP contribution in [-0.2, 0) is 6.54 Å². The number of hydrogen-bond acceptors (Lipinski definition) is 2. The molecular weight excluding hydrogens is 437 g/mol. The van der Waals surface area contributed by atoms with Crippen LogP contribution in [0.15, 0.2) is 59.9 Å². The molecule has 1 heterocycles. The van der Waals surface area contributed by atoms with E-state index in [1.54, 1.807) is 7.05 Å². The van der Waals surface area contributed by atoms with Crippen LogP contribution in [0.3, 0.4) is 0 Å². The average molecular weight is 463 g/mol. The van der Waals surface area contributed by atoms with Crippen LogP contribution in [0.1, 0.15) is 24.1 Å². The lowest BCUT2D eigenvalue weighted by Crippen LogP contribution is -2.40. The molecule has 0 spiro atoms. The highest BCUT2D eigenvalue weighted by atomic mass is 127. The van der Waals surface area contributed by atoms with Crippen molar-refractivity contribution in [2.24, 2.45) is 4.99 Å². The van der Waals surface area contributed by atoms with Crippen molar-refractivity contribution >= 4 is 40.7 Å². The zero-order chi connectivity index (χ0) is 17.6. The maximum Gasteiger partial charge on any atom is 0.191 e. The summed E-state index contributed by atoms with van der Waals surface area (Å²) in [5, 5.41) is 13.7. The molecule has 0 amide bonds. The van der Waals surface area contributed by atoms with Crippen molar-refractivity contribution < 1.29 is 0 Å². The lowest BCUT2D eigenvalue weighted by molar-refractivity contribution is 0.591. The topological polar surface area (TPSA) is 54.2 Å². The van der Waals surface area contributed by atoms with Crippen LogP contribution in [0.2, 0.25) is 0 Å². The van der Waals surface area contributed by atoms with E-state index < -0.39 is 0 Å². The van der Waals surface area contributed by atoms with Gasteiger partial charge in [0.25, 0.3) is 0 Å². The second-order valence-electron chi connectivity index (χ2n) is 6.21. The summed E-state index contributed by atoms with van der Waals surface area (Å²) in [6.07, 6.45) is 3.91. The van der Waals surface area contributed by atoms with Gasteiger partial charge in [-0.25, -0.2) is 0 Å². The second kappa shape index (κ2) is 9.56. The summed E-state index contributed by atoms with van der Waals surface area (Å²) in [7, 11) is 1.79. The van der Waals surface area contributed by atoms with Gasteiger partial charge < -0.3 is 10.6 Å². The number of nitrogens with zero attached hydrogens (tertiary/aromatic N) is 3. The molecule has 3 rings (SSSR count). The molecular formula is C20H26IN5. The van der Waals surface area contributed by atoms with E-state index in [2.05, 4.69) is 70.1 Å². The van der Waals surface area contributed by atoms with Gasteiger partial charge in [0.1, 0.15) is 0 Å². The lowest BCUT2D eigenvalue weighted by Gasteiger charge is -2.20. The molecule has 5 nitrogen and oxygen atoms in total. The molecule has 2 N–H and O–H groups in total. The van der Waals surface area contributed by atoms with Crippen LogP contribution in [0.25, 0.3) is 10.8 Å². The number of aromatic nitrogens is 2. The fourth-order valence-corrected chi connectivity index (χ4v) is 2.98. The molecule has 0 aliphatic heterocycles. The Kier molecular flexibility index (Phi) is 7.44. The number of nitrogens with one attached hydrogen (secondary N) is 2. The maximum absolute atomic E-state index is 4.33. The third kappa shape index (κ3) is 4.97. The standard InChI is InChI=1S/C20H25N5.HI/c1-15-13-23-25(14-15)12-11-22-20(21-3)24-16(2)18-10-6-8-17-7-4-5-9-19(17)18;/h4-10,13-14,16H,11-12H2,1-3H3,(H2,21,22,24);1H. The number of rotatable bonds is 5. The molecule has 0 aliphatic carbocycles. The van der Waals surface area contributed by atoms with E-state index >= 15 is 0 Å². The van der Waals surface area contributed by atoms with E-state index in [-0.39, 0.29) is 30.0 Å². The summed E-state index contributed by atoms with van der Waals surface area (Å²) in [4.78, 5) is 4.33. The van der Waals surface area contributed by atoms with Crippen LogP contribution in [0.5, 0.6) is 0 Å². The van der Waals surface area contributed by atoms with Gasteiger partial charge in [0, 0.05) is 19.8 Å². The SMILES string of the molecule is CN=C(NCCn1cc(C)cn1)NC(C)c1cccc2ccccc12.I. The molecule has 138 valence electrons. The van der Waals surface area contributed by atoms with Crippen LogP contribution in [-0.4, -0.2) is 29.3 Å². The predicted molar refractivity (Wildman–Crippen MR) is 119 cm³/mol. The Morgan fingerprint density at radius 3 is 2.69 bits per heavy atom. The lowest BCUT2D eigenvalue weighted by atomic mass is 10.00. The fraction of sp³-hybridized carbons (Fsp3) is 0.300. The third-order valence-electron chi connectivity index (χ3n) is 4.26. The zero-order valence-corrected chi connectivity index (χ0v) is 17.8. The van der Waals surface area contributed by atoms with Gasteiger partial charge in [-0.2, -0.15) is 5.10 Å². The molecule has 0 bridgehead atoms. The van der Waals surface area contributed by atoms with Crippen molar-refractivity contribution in [1.82, 2.24) is 20.4 Å². The molecule has 1 aromatic heterocycles. The minimum absolute atomic E-state index is 0. The average Bonchev–Trinajstić information content (AvgIpc) is 3.05. The Balaban J connectivity index is 0.00000243. The Morgan fingerprint density at radius 2 is 1.96 bits per heavy atom. The minimum Gasteiger partial charge on any atom is -0.355 e. The van der Waals surface area contributed by atoms with E-state index in [9.17, 15) is 0 Å². The van der Waals surface area contributed by atoms with Crippen LogP contribution < -0.4 is 10.6 Å². The molecule has 3 aromatic rings. The Hall–Kier alpha value is -2.09. The van der Waals surface area contributed by atoms with E-state index in [1.807, 2.05) is 24.0 Å². The van der Waals surface area contributed by atoms with Gasteiger partial charge in [-0.3, -0.25) is 9.67 Å². The van der Waals surface area contributed by atoms with Gasteiger partial charge >= 0.3 is 0 Å². The van der Waals surface area contributed by atoms with Gasteiger partial charge in [-0.05, 0) is 35.7 Å². The first-order chi connectivity index (χ1) is 12.2. The van der Waals surface area contributed by atoms with E-state index in [4.69, 9.17) is 0 Å².